The molecule has 1 aromatic carbocycles. The molecule has 80 valence electrons. The minimum absolute atomic E-state index is 0.0756. The first-order valence-corrected chi connectivity index (χ1v) is 4.83. The van der Waals surface area contributed by atoms with Gasteiger partial charge in [-0.1, -0.05) is 53.7 Å². The van der Waals surface area contributed by atoms with Crippen LogP contribution >= 0.6 is 0 Å². The predicted octanol–water partition coefficient (Wildman–Crippen LogP) is 2.38. The molecule has 1 heterocycles. The highest BCUT2D eigenvalue weighted by Gasteiger charge is 1.95. The molecule has 0 bridgehead atoms. The molecule has 0 radical (unpaired) electrons. The number of nitrogens with two attached hydrogens (primary N) is 1. The third-order valence-corrected chi connectivity index (χ3v) is 1.90. The molecule has 0 fully saturated rings. The fraction of sp³-hybridized carbons (Fsp3) is 0. The van der Waals surface area contributed by atoms with Gasteiger partial charge in [0.05, 0.1) is 0 Å². The monoisotopic (exact) mass is 213 g/mol. The van der Waals surface area contributed by atoms with Crippen LogP contribution in [-0.4, -0.2) is 10.1 Å². The first kappa shape index (κ1) is 10.2. The van der Waals surface area contributed by atoms with E-state index in [-0.39, 0.29) is 6.01 Å². The second-order valence-corrected chi connectivity index (χ2v) is 3.12. The summed E-state index contributed by atoms with van der Waals surface area (Å²) in [4.78, 5) is 3.83. The summed E-state index contributed by atoms with van der Waals surface area (Å²) in [7, 11) is 0. The number of anilines is 1. The van der Waals surface area contributed by atoms with E-state index >= 15 is 0 Å². The topological polar surface area (TPSA) is 64.9 Å². The maximum absolute atomic E-state index is 5.28. The standard InChI is InChI=1S/C12H11N3O/c13-12-14-11(15-16-12)9-5-4-8-10-6-2-1-3-7-10/h1-9H,(H2,13,14,15)/b8-4+,9-5+. The molecule has 0 saturated heterocycles. The summed E-state index contributed by atoms with van der Waals surface area (Å²) >= 11 is 0. The average Bonchev–Trinajstić information content (AvgIpc) is 2.72. The van der Waals surface area contributed by atoms with Crippen molar-refractivity contribution in [3.05, 3.63) is 53.9 Å². The normalized spacial score (nSPS) is 11.5. The van der Waals surface area contributed by atoms with Gasteiger partial charge < -0.3 is 10.3 Å². The zero-order valence-corrected chi connectivity index (χ0v) is 8.58. The minimum Gasteiger partial charge on any atom is -0.351 e. The molecule has 0 aliphatic carbocycles. The molecular formula is C12H11N3O. The van der Waals surface area contributed by atoms with Gasteiger partial charge >= 0.3 is 6.01 Å². The zero-order chi connectivity index (χ0) is 11.2. The molecular weight excluding hydrogens is 202 g/mol. The second kappa shape index (κ2) is 4.93. The van der Waals surface area contributed by atoms with Crippen LogP contribution in [0.1, 0.15) is 11.4 Å². The van der Waals surface area contributed by atoms with Gasteiger partial charge in [-0.05, 0) is 11.6 Å². The minimum atomic E-state index is 0.0756. The van der Waals surface area contributed by atoms with Crippen LogP contribution in [0.3, 0.4) is 0 Å². The van der Waals surface area contributed by atoms with Gasteiger partial charge in [0.25, 0.3) is 0 Å². The first-order valence-electron chi connectivity index (χ1n) is 4.83. The van der Waals surface area contributed by atoms with Crippen LogP contribution in [0.15, 0.2) is 47.0 Å². The fourth-order valence-corrected chi connectivity index (χ4v) is 1.19. The Balaban J connectivity index is 1.97. The van der Waals surface area contributed by atoms with E-state index in [9.17, 15) is 0 Å². The van der Waals surface area contributed by atoms with E-state index in [1.165, 1.54) is 0 Å². The van der Waals surface area contributed by atoms with Gasteiger partial charge in [0, 0.05) is 0 Å². The molecule has 0 spiro atoms. The van der Waals surface area contributed by atoms with Crippen LogP contribution in [0, 0.1) is 0 Å². The lowest BCUT2D eigenvalue weighted by Crippen LogP contribution is -1.82. The van der Waals surface area contributed by atoms with Crippen molar-refractivity contribution in [3.8, 4) is 0 Å². The largest absolute Gasteiger partial charge is 0.351 e. The summed E-state index contributed by atoms with van der Waals surface area (Å²) in [5.41, 5.74) is 6.42. The summed E-state index contributed by atoms with van der Waals surface area (Å²) in [5.74, 6) is 0.468. The second-order valence-electron chi connectivity index (χ2n) is 3.12. The van der Waals surface area contributed by atoms with Crippen molar-refractivity contribution >= 4 is 18.2 Å². The highest BCUT2D eigenvalue weighted by molar-refractivity contribution is 5.54. The maximum atomic E-state index is 5.28. The van der Waals surface area contributed by atoms with E-state index in [0.29, 0.717) is 5.82 Å². The number of benzene rings is 1. The summed E-state index contributed by atoms with van der Waals surface area (Å²) in [5, 5.41) is 3.63. The van der Waals surface area contributed by atoms with Gasteiger partial charge in [-0.2, -0.15) is 4.98 Å². The fourth-order valence-electron chi connectivity index (χ4n) is 1.19. The summed E-state index contributed by atoms with van der Waals surface area (Å²) in [6, 6.07) is 10.1. The quantitative estimate of drug-likeness (QED) is 0.795. The molecule has 1 aromatic heterocycles. The van der Waals surface area contributed by atoms with Crippen molar-refractivity contribution in [1.82, 2.24) is 10.1 Å². The number of rotatable bonds is 3. The summed E-state index contributed by atoms with van der Waals surface area (Å²) in [6.07, 6.45) is 7.44. The van der Waals surface area contributed by atoms with Crippen molar-refractivity contribution < 1.29 is 4.52 Å². The number of allylic oxidation sites excluding steroid dienone is 2. The lowest BCUT2D eigenvalue weighted by Gasteiger charge is -1.87. The van der Waals surface area contributed by atoms with E-state index < -0.39 is 0 Å². The Hall–Kier alpha value is -2.36. The van der Waals surface area contributed by atoms with Crippen LogP contribution in [0.2, 0.25) is 0 Å². The molecule has 0 aliphatic rings. The molecule has 2 N–H and O–H groups in total. The lowest BCUT2D eigenvalue weighted by molar-refractivity contribution is 0.433. The predicted molar refractivity (Wildman–Crippen MR) is 63.2 cm³/mol. The Morgan fingerprint density at radius 2 is 1.81 bits per heavy atom. The zero-order valence-electron chi connectivity index (χ0n) is 8.58. The van der Waals surface area contributed by atoms with E-state index in [2.05, 4.69) is 14.7 Å². The number of nitrogen functional groups attached to an aromatic ring is 1. The van der Waals surface area contributed by atoms with E-state index in [4.69, 9.17) is 5.73 Å². The molecule has 0 amide bonds. The van der Waals surface area contributed by atoms with Crippen molar-refractivity contribution in [2.75, 3.05) is 5.73 Å². The van der Waals surface area contributed by atoms with Crippen LogP contribution in [0.4, 0.5) is 6.01 Å². The number of aromatic nitrogens is 2. The Bertz CT molecular complexity index is 500. The lowest BCUT2D eigenvalue weighted by atomic mass is 10.2. The van der Waals surface area contributed by atoms with E-state index in [1.807, 2.05) is 48.6 Å². The molecule has 4 nitrogen and oxygen atoms in total. The highest BCUT2D eigenvalue weighted by atomic mass is 16.5. The third-order valence-electron chi connectivity index (χ3n) is 1.90. The van der Waals surface area contributed by atoms with E-state index in [0.717, 1.165) is 5.56 Å². The van der Waals surface area contributed by atoms with Gasteiger partial charge in [0.1, 0.15) is 0 Å². The van der Waals surface area contributed by atoms with Gasteiger partial charge in [0.2, 0.25) is 0 Å². The summed E-state index contributed by atoms with van der Waals surface area (Å²) < 4.78 is 4.62. The van der Waals surface area contributed by atoms with Crippen molar-refractivity contribution in [2.24, 2.45) is 0 Å². The molecule has 0 aliphatic heterocycles. The number of hydrogen-bond donors (Lipinski definition) is 1. The molecule has 0 saturated carbocycles. The first-order chi connectivity index (χ1) is 7.84. The van der Waals surface area contributed by atoms with E-state index in [1.54, 1.807) is 6.08 Å². The molecule has 0 unspecified atom stereocenters. The van der Waals surface area contributed by atoms with Crippen LogP contribution in [0.5, 0.6) is 0 Å². The smallest absolute Gasteiger partial charge is 0.319 e. The summed E-state index contributed by atoms with van der Waals surface area (Å²) in [6.45, 7) is 0. The molecule has 4 heteroatoms. The average molecular weight is 213 g/mol. The SMILES string of the molecule is Nc1nc(/C=C/C=C/c2ccccc2)no1. The molecule has 16 heavy (non-hydrogen) atoms. The Morgan fingerprint density at radius 3 is 2.50 bits per heavy atom. The highest BCUT2D eigenvalue weighted by Crippen LogP contribution is 2.03. The van der Waals surface area contributed by atoms with Crippen molar-refractivity contribution in [2.45, 2.75) is 0 Å². The molecule has 2 rings (SSSR count). The number of nitrogens with zero attached hydrogens (tertiary/aromatic N) is 2. The molecule has 0 atom stereocenters. The third kappa shape index (κ3) is 2.81. The van der Waals surface area contributed by atoms with Gasteiger partial charge in [-0.15, -0.1) is 0 Å². The molecule has 2 aromatic rings. The Morgan fingerprint density at radius 1 is 1.06 bits per heavy atom. The van der Waals surface area contributed by atoms with Crippen LogP contribution < -0.4 is 5.73 Å². The Labute approximate surface area is 93.1 Å². The van der Waals surface area contributed by atoms with Crippen LogP contribution in [-0.2, 0) is 0 Å². The van der Waals surface area contributed by atoms with Crippen LogP contribution in [0.25, 0.3) is 12.2 Å². The maximum Gasteiger partial charge on any atom is 0.319 e. The number of hydrogen-bond acceptors (Lipinski definition) is 4. The van der Waals surface area contributed by atoms with Gasteiger partial charge in [-0.3, -0.25) is 0 Å². The van der Waals surface area contributed by atoms with Crippen molar-refractivity contribution in [3.63, 3.8) is 0 Å². The van der Waals surface area contributed by atoms with Gasteiger partial charge in [0.15, 0.2) is 5.82 Å². The van der Waals surface area contributed by atoms with Crippen molar-refractivity contribution in [1.29, 1.82) is 0 Å². The Kier molecular flexibility index (Phi) is 3.13. The van der Waals surface area contributed by atoms with Gasteiger partial charge in [-0.25, -0.2) is 0 Å².